The Balaban J connectivity index is 1.20. The fourth-order valence-corrected chi connectivity index (χ4v) is 5.78. The van der Waals surface area contributed by atoms with E-state index in [1.54, 1.807) is 33.2 Å². The first-order chi connectivity index (χ1) is 20.9. The fraction of sp³-hybridized carbons (Fsp3) is 0.581. The Bertz CT molecular complexity index is 1420. The molecule has 1 N–H and O–H groups in total. The molecule has 5 rings (SSSR count). The molecule has 1 amide bonds. The third kappa shape index (κ3) is 7.61. The molecule has 238 valence electrons. The standard InChI is InChI=1S/C31H42F2N8O3/c1-19(2)27-37-29(44-38-27)40-11-9-22(10-12-40)39(6)16-20-14-34-28(35-15-20)41-17-24(23-13-21(32)7-8-25(23)33)26(18-41)36-30(42)43-31(3,4)5/h7-8,13-15,19,22,24,26H,9-12,16-18H2,1-6H3,(H,36,42)/t24-,26+/m1/s1. The highest BCUT2D eigenvalue weighted by molar-refractivity contribution is 5.68. The van der Waals surface area contributed by atoms with Crippen LogP contribution in [-0.4, -0.2) is 82.0 Å². The molecule has 0 aliphatic carbocycles. The molecule has 0 unspecified atom stereocenters. The maximum absolute atomic E-state index is 14.8. The predicted octanol–water partition coefficient (Wildman–Crippen LogP) is 4.86. The largest absolute Gasteiger partial charge is 0.444 e. The number of halogens is 2. The van der Waals surface area contributed by atoms with E-state index < -0.39 is 35.3 Å². The summed E-state index contributed by atoms with van der Waals surface area (Å²) < 4.78 is 39.8. The lowest BCUT2D eigenvalue weighted by molar-refractivity contribution is 0.0504. The van der Waals surface area contributed by atoms with E-state index in [2.05, 4.69) is 42.3 Å². The minimum absolute atomic E-state index is 0.192. The van der Waals surface area contributed by atoms with E-state index in [1.165, 1.54) is 6.07 Å². The Morgan fingerprint density at radius 3 is 2.48 bits per heavy atom. The summed E-state index contributed by atoms with van der Waals surface area (Å²) >= 11 is 0. The molecule has 4 heterocycles. The molecule has 0 bridgehead atoms. The van der Waals surface area contributed by atoms with Crippen molar-refractivity contribution in [3.8, 4) is 0 Å². The second-order valence-electron chi connectivity index (χ2n) is 13.0. The summed E-state index contributed by atoms with van der Waals surface area (Å²) in [5.74, 6) is -0.188. The Labute approximate surface area is 257 Å². The average Bonchev–Trinajstić information content (AvgIpc) is 3.62. The van der Waals surface area contributed by atoms with Crippen LogP contribution in [0.3, 0.4) is 0 Å². The van der Waals surface area contributed by atoms with E-state index in [-0.39, 0.29) is 11.5 Å². The first-order valence-corrected chi connectivity index (χ1v) is 15.2. The smallest absolute Gasteiger partial charge is 0.407 e. The summed E-state index contributed by atoms with van der Waals surface area (Å²) in [5.41, 5.74) is 0.460. The number of carbonyl (C=O) groups excluding carboxylic acids is 1. The topological polar surface area (TPSA) is 113 Å². The van der Waals surface area contributed by atoms with Crippen molar-refractivity contribution >= 4 is 18.1 Å². The lowest BCUT2D eigenvalue weighted by Gasteiger charge is -2.35. The molecule has 11 nitrogen and oxygen atoms in total. The van der Waals surface area contributed by atoms with Crippen molar-refractivity contribution in [1.82, 2.24) is 30.3 Å². The van der Waals surface area contributed by atoms with Crippen molar-refractivity contribution < 1.29 is 22.8 Å². The predicted molar refractivity (Wildman–Crippen MR) is 162 cm³/mol. The van der Waals surface area contributed by atoms with Crippen molar-refractivity contribution in [3.63, 3.8) is 0 Å². The first-order valence-electron chi connectivity index (χ1n) is 15.2. The number of hydrogen-bond acceptors (Lipinski definition) is 10. The number of piperidine rings is 1. The van der Waals surface area contributed by atoms with Gasteiger partial charge >= 0.3 is 12.1 Å². The van der Waals surface area contributed by atoms with Crippen LogP contribution in [0.4, 0.5) is 25.5 Å². The van der Waals surface area contributed by atoms with Crippen LogP contribution < -0.4 is 15.1 Å². The van der Waals surface area contributed by atoms with Crippen LogP contribution in [0.15, 0.2) is 35.1 Å². The third-order valence-electron chi connectivity index (χ3n) is 8.09. The number of hydrogen-bond donors (Lipinski definition) is 1. The van der Waals surface area contributed by atoms with E-state index >= 15 is 0 Å². The molecule has 0 saturated carbocycles. The molecule has 2 aromatic heterocycles. The molecule has 2 atom stereocenters. The SMILES string of the molecule is CC(C)c1noc(N2CCC(N(C)Cc3cnc(N4C[C@H](NC(=O)OC(C)(C)C)[C@@H](c5cc(F)ccc5F)C4)nc3)CC2)n1. The second kappa shape index (κ2) is 13.0. The van der Waals surface area contributed by atoms with Crippen LogP contribution in [0.2, 0.25) is 0 Å². The summed E-state index contributed by atoms with van der Waals surface area (Å²) in [6, 6.07) is 3.82. The van der Waals surface area contributed by atoms with Gasteiger partial charge in [0.25, 0.3) is 0 Å². The number of nitrogens with one attached hydrogen (secondary N) is 1. The van der Waals surface area contributed by atoms with E-state index in [0.29, 0.717) is 37.6 Å². The summed E-state index contributed by atoms with van der Waals surface area (Å²) in [5, 5.41) is 6.93. The monoisotopic (exact) mass is 612 g/mol. The normalized spacial score (nSPS) is 19.7. The quantitative estimate of drug-likeness (QED) is 0.379. The van der Waals surface area contributed by atoms with E-state index in [1.807, 2.05) is 18.7 Å². The summed E-state index contributed by atoms with van der Waals surface area (Å²) in [4.78, 5) is 32.7. The summed E-state index contributed by atoms with van der Waals surface area (Å²) in [6.07, 6.45) is 4.91. The number of nitrogens with zero attached hydrogens (tertiary/aromatic N) is 7. The van der Waals surface area contributed by atoms with Gasteiger partial charge in [-0.2, -0.15) is 4.98 Å². The maximum Gasteiger partial charge on any atom is 0.407 e. The zero-order valence-electron chi connectivity index (χ0n) is 26.3. The average molecular weight is 613 g/mol. The van der Waals surface area contributed by atoms with Crippen molar-refractivity contribution in [1.29, 1.82) is 0 Å². The third-order valence-corrected chi connectivity index (χ3v) is 8.09. The summed E-state index contributed by atoms with van der Waals surface area (Å²) in [7, 11) is 2.10. The molecule has 2 aliphatic rings. The lowest BCUT2D eigenvalue weighted by atomic mass is 9.94. The lowest BCUT2D eigenvalue weighted by Crippen LogP contribution is -2.43. The van der Waals surface area contributed by atoms with Gasteiger partial charge in [0.2, 0.25) is 5.95 Å². The van der Waals surface area contributed by atoms with Crippen molar-refractivity contribution in [2.45, 2.75) is 83.5 Å². The molecule has 2 aliphatic heterocycles. The molecular formula is C31H42F2N8O3. The Morgan fingerprint density at radius 1 is 1.14 bits per heavy atom. The second-order valence-corrected chi connectivity index (χ2v) is 13.0. The molecule has 44 heavy (non-hydrogen) atoms. The number of aromatic nitrogens is 4. The Kier molecular flexibility index (Phi) is 9.33. The highest BCUT2D eigenvalue weighted by Gasteiger charge is 2.38. The molecule has 1 aromatic carbocycles. The molecule has 2 saturated heterocycles. The number of rotatable bonds is 8. The zero-order valence-corrected chi connectivity index (χ0v) is 26.3. The number of alkyl carbamates (subject to hydrolysis) is 1. The van der Waals surface area contributed by atoms with Crippen LogP contribution in [0.5, 0.6) is 0 Å². The van der Waals surface area contributed by atoms with Crippen LogP contribution >= 0.6 is 0 Å². The minimum atomic E-state index is -0.698. The highest BCUT2D eigenvalue weighted by atomic mass is 19.1. The van der Waals surface area contributed by atoms with Crippen molar-refractivity contribution in [3.05, 3.63) is 59.2 Å². The van der Waals surface area contributed by atoms with E-state index in [4.69, 9.17) is 9.26 Å². The van der Waals surface area contributed by atoms with Gasteiger partial charge < -0.3 is 24.4 Å². The number of anilines is 2. The van der Waals surface area contributed by atoms with Crippen LogP contribution in [-0.2, 0) is 11.3 Å². The highest BCUT2D eigenvalue weighted by Crippen LogP contribution is 2.32. The maximum atomic E-state index is 14.8. The number of carbonyl (C=O) groups is 1. The van der Waals surface area contributed by atoms with Gasteiger partial charge in [-0.05, 0) is 64.4 Å². The van der Waals surface area contributed by atoms with Gasteiger partial charge in [0.05, 0.1) is 6.04 Å². The molecule has 3 aromatic rings. The van der Waals surface area contributed by atoms with Crippen LogP contribution in [0, 0.1) is 11.6 Å². The van der Waals surface area contributed by atoms with Gasteiger partial charge in [0.15, 0.2) is 5.82 Å². The van der Waals surface area contributed by atoms with Gasteiger partial charge in [-0.1, -0.05) is 19.0 Å². The van der Waals surface area contributed by atoms with Crippen LogP contribution in [0.25, 0.3) is 0 Å². The zero-order chi connectivity index (χ0) is 31.6. The number of ether oxygens (including phenoxy) is 1. The van der Waals surface area contributed by atoms with Gasteiger partial charge in [0, 0.05) is 68.6 Å². The molecule has 0 radical (unpaired) electrons. The van der Waals surface area contributed by atoms with E-state index in [0.717, 1.165) is 49.5 Å². The van der Waals surface area contributed by atoms with E-state index in [9.17, 15) is 13.6 Å². The van der Waals surface area contributed by atoms with Gasteiger partial charge in [-0.15, -0.1) is 0 Å². The fourth-order valence-electron chi connectivity index (χ4n) is 5.78. The first kappa shape index (κ1) is 31.6. The molecular weight excluding hydrogens is 570 g/mol. The molecule has 2 fully saturated rings. The van der Waals surface area contributed by atoms with Gasteiger partial charge in [0.1, 0.15) is 17.2 Å². The van der Waals surface area contributed by atoms with Gasteiger partial charge in [-0.25, -0.2) is 23.5 Å². The number of benzene rings is 1. The Hall–Kier alpha value is -3.87. The van der Waals surface area contributed by atoms with Crippen LogP contribution in [0.1, 0.15) is 76.2 Å². The van der Waals surface area contributed by atoms with Crippen molar-refractivity contribution in [2.75, 3.05) is 43.0 Å². The Morgan fingerprint density at radius 2 is 1.84 bits per heavy atom. The summed E-state index contributed by atoms with van der Waals surface area (Å²) in [6.45, 7) is 12.4. The number of amides is 1. The van der Waals surface area contributed by atoms with Crippen molar-refractivity contribution in [2.24, 2.45) is 0 Å². The molecule has 13 heteroatoms. The molecule has 0 spiro atoms. The minimum Gasteiger partial charge on any atom is -0.444 e. The van der Waals surface area contributed by atoms with Gasteiger partial charge in [-0.3, -0.25) is 4.90 Å².